The van der Waals surface area contributed by atoms with Gasteiger partial charge in [0.05, 0.1) is 11.9 Å². The van der Waals surface area contributed by atoms with Crippen LogP contribution in [0.25, 0.3) is 0 Å². The Bertz CT molecular complexity index is 764. The van der Waals surface area contributed by atoms with Crippen molar-refractivity contribution in [1.82, 2.24) is 0 Å². The lowest BCUT2D eigenvalue weighted by Crippen LogP contribution is -2.21. The van der Waals surface area contributed by atoms with Crippen molar-refractivity contribution in [2.24, 2.45) is 22.0 Å². The fraction of sp³-hybridized carbons (Fsp3) is 0.360. The van der Waals surface area contributed by atoms with Crippen LogP contribution in [0.5, 0.6) is 0 Å². The van der Waals surface area contributed by atoms with Gasteiger partial charge >= 0.3 is 0 Å². The van der Waals surface area contributed by atoms with Gasteiger partial charge in [-0.15, -0.1) is 6.58 Å². The highest BCUT2D eigenvalue weighted by Crippen LogP contribution is 2.31. The Labute approximate surface area is 163 Å². The Kier molecular flexibility index (Phi) is 7.15. The first kappa shape index (κ1) is 19.3. The summed E-state index contributed by atoms with van der Waals surface area (Å²) in [6.07, 6.45) is 10.9. The average Bonchev–Trinajstić information content (AvgIpc) is 2.72. The summed E-state index contributed by atoms with van der Waals surface area (Å²) in [7, 11) is 0. The maximum absolute atomic E-state index is 4.68. The summed E-state index contributed by atoms with van der Waals surface area (Å²) in [5.74, 6) is 1.35. The van der Waals surface area contributed by atoms with Crippen molar-refractivity contribution in [2.75, 3.05) is 0 Å². The molecule has 0 N–H and O–H groups in total. The van der Waals surface area contributed by atoms with Gasteiger partial charge in [-0.3, -0.25) is 0 Å². The van der Waals surface area contributed by atoms with Gasteiger partial charge in [0.1, 0.15) is 0 Å². The molecule has 1 aliphatic rings. The summed E-state index contributed by atoms with van der Waals surface area (Å²) >= 11 is 0. The van der Waals surface area contributed by atoms with Crippen molar-refractivity contribution in [1.29, 1.82) is 0 Å². The van der Waals surface area contributed by atoms with Gasteiger partial charge in [-0.1, -0.05) is 80.4 Å². The molecule has 1 fully saturated rings. The van der Waals surface area contributed by atoms with E-state index in [2.05, 4.69) is 78.3 Å². The molecule has 1 saturated carbocycles. The fourth-order valence-electron chi connectivity index (χ4n) is 3.71. The average molecular weight is 359 g/mol. The number of aryl methyl sites for hydroxylation is 1. The lowest BCUT2D eigenvalue weighted by molar-refractivity contribution is 0.344. The summed E-state index contributed by atoms with van der Waals surface area (Å²) in [6, 6.07) is 19.1. The third-order valence-electron chi connectivity index (χ3n) is 5.46. The van der Waals surface area contributed by atoms with Crippen LogP contribution in [0.4, 0.5) is 0 Å². The van der Waals surface area contributed by atoms with E-state index < -0.39 is 0 Å². The molecule has 2 aromatic carbocycles. The highest BCUT2D eigenvalue weighted by atomic mass is 15.2. The zero-order chi connectivity index (χ0) is 18.9. The van der Waals surface area contributed by atoms with Crippen LogP contribution in [-0.4, -0.2) is 11.9 Å². The van der Waals surface area contributed by atoms with E-state index in [0.29, 0.717) is 5.92 Å². The molecule has 0 saturated heterocycles. The van der Waals surface area contributed by atoms with Gasteiger partial charge in [0.25, 0.3) is 0 Å². The van der Waals surface area contributed by atoms with E-state index in [1.165, 1.54) is 36.8 Å². The molecule has 0 amide bonds. The zero-order valence-corrected chi connectivity index (χ0v) is 16.3. The minimum absolute atomic E-state index is 0.516. The number of rotatable bonds is 7. The normalized spacial score (nSPS) is 20.7. The van der Waals surface area contributed by atoms with Crippen LogP contribution < -0.4 is 0 Å². The predicted octanol–water partition coefficient (Wildman–Crippen LogP) is 6.45. The van der Waals surface area contributed by atoms with Crippen LogP contribution in [-0.2, 0) is 6.42 Å². The largest absolute Gasteiger partial charge is 0.158 e. The quantitative estimate of drug-likeness (QED) is 0.308. The van der Waals surface area contributed by atoms with E-state index >= 15 is 0 Å². The Balaban J connectivity index is 1.75. The second-order valence-electron chi connectivity index (χ2n) is 7.62. The molecular weight excluding hydrogens is 328 g/mol. The van der Waals surface area contributed by atoms with E-state index in [-0.39, 0.29) is 0 Å². The fourth-order valence-corrected chi connectivity index (χ4v) is 3.71. The minimum atomic E-state index is 0.516. The third-order valence-corrected chi connectivity index (χ3v) is 5.46. The number of hydrogen-bond acceptors (Lipinski definition) is 2. The van der Waals surface area contributed by atoms with Gasteiger partial charge in [-0.2, -0.15) is 10.2 Å². The van der Waals surface area contributed by atoms with Crippen molar-refractivity contribution >= 4 is 11.9 Å². The lowest BCUT2D eigenvalue weighted by Gasteiger charge is -2.27. The highest BCUT2D eigenvalue weighted by Gasteiger charge is 2.23. The maximum Gasteiger partial charge on any atom is 0.0733 e. The van der Waals surface area contributed by atoms with Gasteiger partial charge < -0.3 is 0 Å². The van der Waals surface area contributed by atoms with Crippen LogP contribution in [0.1, 0.15) is 55.7 Å². The molecule has 2 nitrogen and oxygen atoms in total. The number of benzene rings is 2. The Morgan fingerprint density at radius 3 is 2.37 bits per heavy atom. The molecule has 0 aliphatic heterocycles. The standard InChI is InChI=1S/C25H30N2/c1-3-4-8-21-13-15-22(16-14-21)19-26-27-25(23-9-6-5-7-10-23)24-17-11-20(2)12-18-24/h3,5-7,9-10,13-16,19-20,24H,1,4,8,11-12,17-18H2,2H3. The van der Waals surface area contributed by atoms with Gasteiger partial charge in [-0.25, -0.2) is 0 Å². The molecule has 2 heteroatoms. The van der Waals surface area contributed by atoms with Gasteiger partial charge in [0, 0.05) is 5.92 Å². The summed E-state index contributed by atoms with van der Waals surface area (Å²) in [6.45, 7) is 6.14. The number of allylic oxidation sites excluding steroid dienone is 1. The van der Waals surface area contributed by atoms with Crippen LogP contribution >= 0.6 is 0 Å². The van der Waals surface area contributed by atoms with E-state index in [4.69, 9.17) is 0 Å². The first-order chi connectivity index (χ1) is 13.3. The summed E-state index contributed by atoms with van der Waals surface area (Å²) in [5, 5.41) is 9.13. The van der Waals surface area contributed by atoms with Crippen molar-refractivity contribution in [3.05, 3.63) is 83.9 Å². The molecule has 2 aromatic rings. The topological polar surface area (TPSA) is 24.7 Å². The monoisotopic (exact) mass is 358 g/mol. The Morgan fingerprint density at radius 2 is 1.70 bits per heavy atom. The van der Waals surface area contributed by atoms with E-state index in [0.717, 1.165) is 30.0 Å². The molecule has 0 atom stereocenters. The Hall–Kier alpha value is -2.48. The first-order valence-electron chi connectivity index (χ1n) is 10.1. The first-order valence-corrected chi connectivity index (χ1v) is 10.1. The summed E-state index contributed by atoms with van der Waals surface area (Å²) < 4.78 is 0. The van der Waals surface area contributed by atoms with Crippen LogP contribution in [0.3, 0.4) is 0 Å². The van der Waals surface area contributed by atoms with Crippen molar-refractivity contribution in [3.8, 4) is 0 Å². The second-order valence-corrected chi connectivity index (χ2v) is 7.62. The highest BCUT2D eigenvalue weighted by molar-refractivity contribution is 6.02. The third kappa shape index (κ3) is 5.75. The van der Waals surface area contributed by atoms with Crippen molar-refractivity contribution in [2.45, 2.75) is 45.4 Å². The summed E-state index contributed by atoms with van der Waals surface area (Å²) in [5.41, 5.74) is 4.76. The summed E-state index contributed by atoms with van der Waals surface area (Å²) in [4.78, 5) is 0. The molecule has 27 heavy (non-hydrogen) atoms. The van der Waals surface area contributed by atoms with Crippen molar-refractivity contribution in [3.63, 3.8) is 0 Å². The van der Waals surface area contributed by atoms with E-state index in [1.807, 2.05) is 12.3 Å². The van der Waals surface area contributed by atoms with Crippen LogP contribution in [0.2, 0.25) is 0 Å². The van der Waals surface area contributed by atoms with Gasteiger partial charge in [0.2, 0.25) is 0 Å². The van der Waals surface area contributed by atoms with Crippen molar-refractivity contribution < 1.29 is 0 Å². The smallest absolute Gasteiger partial charge is 0.0733 e. The lowest BCUT2D eigenvalue weighted by atomic mass is 9.79. The number of nitrogens with zero attached hydrogens (tertiary/aromatic N) is 2. The molecule has 1 aliphatic carbocycles. The maximum atomic E-state index is 4.68. The van der Waals surface area contributed by atoms with E-state index in [1.54, 1.807) is 0 Å². The molecule has 0 heterocycles. The number of hydrogen-bond donors (Lipinski definition) is 0. The molecule has 140 valence electrons. The molecule has 0 radical (unpaired) electrons. The van der Waals surface area contributed by atoms with Crippen LogP contribution in [0, 0.1) is 11.8 Å². The zero-order valence-electron chi connectivity index (χ0n) is 16.3. The van der Waals surface area contributed by atoms with E-state index in [9.17, 15) is 0 Å². The molecule has 0 unspecified atom stereocenters. The second kappa shape index (κ2) is 10.0. The SMILES string of the molecule is C=CCCc1ccc(C=NN=C(c2ccccc2)C2CCC(C)CC2)cc1. The molecule has 0 aromatic heterocycles. The minimum Gasteiger partial charge on any atom is -0.158 e. The van der Waals surface area contributed by atoms with Gasteiger partial charge in [-0.05, 0) is 48.3 Å². The molecule has 3 rings (SSSR count). The predicted molar refractivity (Wildman–Crippen MR) is 117 cm³/mol. The molecule has 0 spiro atoms. The molecule has 0 bridgehead atoms. The van der Waals surface area contributed by atoms with Crippen LogP contribution in [0.15, 0.2) is 77.5 Å². The van der Waals surface area contributed by atoms with Gasteiger partial charge in [0.15, 0.2) is 0 Å². The molecular formula is C25H30N2. The Morgan fingerprint density at radius 1 is 1.00 bits per heavy atom.